The first-order valence-electron chi connectivity index (χ1n) is 15.6. The predicted octanol–water partition coefficient (Wildman–Crippen LogP) is 13.8. The van der Waals surface area contributed by atoms with Gasteiger partial charge >= 0.3 is 30.2 Å². The molecule has 48 heavy (non-hydrogen) atoms. The molecule has 0 aliphatic carbocycles. The van der Waals surface area contributed by atoms with Crippen LogP contribution in [0.3, 0.4) is 0 Å². The molecule has 2 radical (unpaired) electrons. The Bertz CT molecular complexity index is 1830. The molecule has 6 aromatic rings. The number of rotatable bonds is 3. The summed E-state index contributed by atoms with van der Waals surface area (Å²) in [5.41, 5.74) is 11.2. The standard InChI is InChI=1S/C22H25.C20H21.2CH3.2ClH.Si.Zr/c1-15(2)18-13-17-7-6-8-20(21(17)14-18)16-9-11-19(12-10-16)22(3,4)5;1-14-8-13-18(19-7-5-6-17(14)19)15-9-11-16(12-10-15)20(2,3)4;;;;;;/h6-15H,1-5H3;5-13H,1-4H3;2*1H3;2*1H;;/q4*-1;;;;. The van der Waals surface area contributed by atoms with Gasteiger partial charge in [-0.05, 0) is 39.0 Å². The fraction of sp³-hybridized carbons (Fsp3) is 0.273. The molecule has 0 unspecified atom stereocenters. The van der Waals surface area contributed by atoms with Crippen molar-refractivity contribution in [2.75, 3.05) is 0 Å². The van der Waals surface area contributed by atoms with E-state index >= 15 is 0 Å². The van der Waals surface area contributed by atoms with E-state index in [4.69, 9.17) is 0 Å². The first kappa shape index (κ1) is 45.8. The van der Waals surface area contributed by atoms with Crippen LogP contribution in [0.4, 0.5) is 0 Å². The molecular formula is C44H54Cl2SiZr-4. The summed E-state index contributed by atoms with van der Waals surface area (Å²) in [5.74, 6) is 0.573. The molecule has 6 aromatic carbocycles. The van der Waals surface area contributed by atoms with Crippen LogP contribution in [0.15, 0.2) is 109 Å². The number of benzene rings is 4. The van der Waals surface area contributed by atoms with Crippen LogP contribution in [0.1, 0.15) is 83.6 Å². The van der Waals surface area contributed by atoms with Crippen LogP contribution in [0.25, 0.3) is 43.8 Å². The summed E-state index contributed by atoms with van der Waals surface area (Å²) in [6.45, 7) is 23.3. The van der Waals surface area contributed by atoms with Gasteiger partial charge in [0.2, 0.25) is 0 Å². The van der Waals surface area contributed by atoms with E-state index in [0.717, 1.165) is 0 Å². The molecule has 0 N–H and O–H groups in total. The molecule has 0 atom stereocenters. The third-order valence-electron chi connectivity index (χ3n) is 8.59. The number of halogens is 2. The number of hydrogen-bond donors (Lipinski definition) is 0. The van der Waals surface area contributed by atoms with E-state index < -0.39 is 0 Å². The Hall–Kier alpha value is -2.22. The van der Waals surface area contributed by atoms with Gasteiger partial charge in [-0.1, -0.05) is 134 Å². The average molecular weight is 773 g/mol. The van der Waals surface area contributed by atoms with Crippen LogP contribution in [0, 0.1) is 21.8 Å². The van der Waals surface area contributed by atoms with Crippen molar-refractivity contribution < 1.29 is 23.3 Å². The van der Waals surface area contributed by atoms with Crippen molar-refractivity contribution >= 4 is 53.2 Å². The predicted molar refractivity (Wildman–Crippen MR) is 219 cm³/mol. The molecule has 0 aromatic heterocycles. The summed E-state index contributed by atoms with van der Waals surface area (Å²) in [4.78, 5) is 0. The van der Waals surface area contributed by atoms with Crippen molar-refractivity contribution in [3.8, 4) is 22.3 Å². The van der Waals surface area contributed by atoms with Gasteiger partial charge in [-0.15, -0.1) is 87.8 Å². The third kappa shape index (κ3) is 10.6. The fourth-order valence-corrected chi connectivity index (χ4v) is 5.78. The van der Waals surface area contributed by atoms with Gasteiger partial charge in [-0.3, -0.25) is 0 Å². The maximum absolute atomic E-state index is 3.06. The van der Waals surface area contributed by atoms with Crippen LogP contribution in [-0.2, 0) is 34.2 Å². The number of hydrogen-bond acceptors (Lipinski definition) is 0. The van der Waals surface area contributed by atoms with Crippen molar-refractivity contribution in [1.29, 1.82) is 0 Å². The molecule has 0 saturated heterocycles. The molecule has 256 valence electrons. The molecule has 6 rings (SSSR count). The van der Waals surface area contributed by atoms with Gasteiger partial charge in [0.1, 0.15) is 0 Å². The van der Waals surface area contributed by atoms with Gasteiger partial charge in [-0.25, -0.2) is 0 Å². The minimum absolute atomic E-state index is 0. The van der Waals surface area contributed by atoms with Crippen molar-refractivity contribution in [2.45, 2.75) is 79.1 Å². The van der Waals surface area contributed by atoms with Crippen molar-refractivity contribution in [2.24, 2.45) is 0 Å². The molecule has 0 bridgehead atoms. The molecular weight excluding hydrogens is 719 g/mol. The second-order valence-corrected chi connectivity index (χ2v) is 14.2. The summed E-state index contributed by atoms with van der Waals surface area (Å²) < 4.78 is 0. The third-order valence-corrected chi connectivity index (χ3v) is 8.59. The van der Waals surface area contributed by atoms with Crippen molar-refractivity contribution in [3.05, 3.63) is 146 Å². The summed E-state index contributed by atoms with van der Waals surface area (Å²) in [6, 6.07) is 40.4. The first-order chi connectivity index (χ1) is 20.8. The SMILES string of the molecule is CC(C)c1cc2c(-c3ccc(C(C)(C)C)cc3)cccc2[cH-]1.Cc1ccc(-c2ccc(C(C)(C)C)cc2)c2cc[cH-]c12.Cl.Cl.[CH3-].[CH3-].[Si]=[Zr]. The monoisotopic (exact) mass is 770 g/mol. The Kier molecular flexibility index (Phi) is 18.4. The van der Waals surface area contributed by atoms with Gasteiger partial charge < -0.3 is 14.9 Å². The second-order valence-electron chi connectivity index (χ2n) is 14.2. The fourth-order valence-electron chi connectivity index (χ4n) is 5.78. The molecule has 0 saturated carbocycles. The zero-order chi connectivity index (χ0) is 32.2. The minimum atomic E-state index is 0. The quantitative estimate of drug-likeness (QED) is 0.124. The molecule has 4 heteroatoms. The zero-order valence-corrected chi connectivity index (χ0v) is 35.9. The van der Waals surface area contributed by atoms with E-state index in [9.17, 15) is 0 Å². The summed E-state index contributed by atoms with van der Waals surface area (Å²) in [7, 11) is 0. The Labute approximate surface area is 321 Å². The van der Waals surface area contributed by atoms with Gasteiger partial charge in [0.25, 0.3) is 0 Å². The van der Waals surface area contributed by atoms with E-state index in [0.29, 0.717) is 5.92 Å². The van der Waals surface area contributed by atoms with E-state index in [1.165, 1.54) is 89.4 Å². The molecule has 0 heterocycles. The van der Waals surface area contributed by atoms with Crippen LogP contribution < -0.4 is 0 Å². The molecule has 0 aliphatic rings. The topological polar surface area (TPSA) is 0 Å². The molecule has 0 spiro atoms. The van der Waals surface area contributed by atoms with E-state index in [-0.39, 0.29) is 50.5 Å². The Balaban J connectivity index is 0.000000813. The van der Waals surface area contributed by atoms with Gasteiger partial charge in [0.05, 0.1) is 0 Å². The van der Waals surface area contributed by atoms with Crippen LogP contribution in [-0.4, -0.2) is 6.88 Å². The molecule has 0 amide bonds. The number of aryl methyl sites for hydroxylation is 1. The molecule has 0 nitrogen and oxygen atoms in total. The normalized spacial score (nSPS) is 10.7. The van der Waals surface area contributed by atoms with Crippen LogP contribution in [0.2, 0.25) is 0 Å². The van der Waals surface area contributed by atoms with Crippen LogP contribution >= 0.6 is 24.8 Å². The Morgan fingerprint density at radius 3 is 1.56 bits per heavy atom. The summed E-state index contributed by atoms with van der Waals surface area (Å²) >= 11 is 1.36. The first-order valence-corrected chi connectivity index (χ1v) is 19.8. The van der Waals surface area contributed by atoms with Gasteiger partial charge in [-0.2, -0.15) is 18.2 Å². The second kappa shape index (κ2) is 19.2. The molecule has 0 fully saturated rings. The maximum atomic E-state index is 3.06. The summed E-state index contributed by atoms with van der Waals surface area (Å²) in [6.07, 6.45) is 0. The Morgan fingerprint density at radius 1 is 0.625 bits per heavy atom. The van der Waals surface area contributed by atoms with E-state index in [1.807, 2.05) is 0 Å². The summed E-state index contributed by atoms with van der Waals surface area (Å²) in [5, 5.41) is 5.44. The van der Waals surface area contributed by atoms with Crippen LogP contribution in [0.5, 0.6) is 0 Å². The number of fused-ring (bicyclic) bond motifs is 2. The van der Waals surface area contributed by atoms with E-state index in [2.05, 4.69) is 178 Å². The zero-order valence-electron chi connectivity index (χ0n) is 30.8. The van der Waals surface area contributed by atoms with Gasteiger partial charge in [0, 0.05) is 0 Å². The Morgan fingerprint density at radius 2 is 1.10 bits per heavy atom. The van der Waals surface area contributed by atoms with E-state index in [1.54, 1.807) is 0 Å². The molecule has 0 aliphatic heterocycles. The average Bonchev–Trinajstić information content (AvgIpc) is 3.67. The van der Waals surface area contributed by atoms with Gasteiger partial charge in [0.15, 0.2) is 0 Å². The van der Waals surface area contributed by atoms with Crippen molar-refractivity contribution in [1.82, 2.24) is 0 Å². The van der Waals surface area contributed by atoms with Crippen molar-refractivity contribution in [3.63, 3.8) is 0 Å².